The average molecular weight is 689 g/mol. The Labute approximate surface area is 284 Å². The Balaban J connectivity index is 1.38. The first-order valence-electron chi connectivity index (χ1n) is 17.3. The van der Waals surface area contributed by atoms with Crippen molar-refractivity contribution in [3.8, 4) is 5.75 Å². The number of hydrogen-bond donors (Lipinski definition) is 1. The summed E-state index contributed by atoms with van der Waals surface area (Å²) in [5.41, 5.74) is 3.37. The molecular weight excluding hydrogens is 640 g/mol. The molecule has 1 aliphatic carbocycles. The number of aryl methyl sites for hydroxylation is 1. The smallest absolute Gasteiger partial charge is 0.264 e. The van der Waals surface area contributed by atoms with Gasteiger partial charge in [-0.2, -0.15) is 0 Å². The number of carbonyl (C=O) groups is 1. The van der Waals surface area contributed by atoms with Crippen molar-refractivity contribution in [3.05, 3.63) is 58.1 Å². The van der Waals surface area contributed by atoms with Crippen LogP contribution in [0.15, 0.2) is 36.4 Å². The first-order chi connectivity index (χ1) is 22.7. The van der Waals surface area contributed by atoms with Crippen LogP contribution in [-0.4, -0.2) is 65.9 Å². The summed E-state index contributed by atoms with van der Waals surface area (Å²) in [6.07, 6.45) is 8.16. The molecule has 5 atom stereocenters. The van der Waals surface area contributed by atoms with Crippen LogP contribution in [0.25, 0.3) is 0 Å². The van der Waals surface area contributed by atoms with Crippen LogP contribution in [0.2, 0.25) is 5.02 Å². The molecule has 47 heavy (non-hydrogen) atoms. The van der Waals surface area contributed by atoms with Crippen LogP contribution in [0, 0.1) is 23.7 Å². The normalized spacial score (nSPS) is 29.2. The Hall–Kier alpha value is -2.37. The third kappa shape index (κ3) is 8.10. The van der Waals surface area contributed by atoms with Gasteiger partial charge in [-0.15, -0.1) is 0 Å². The number of carbonyl (C=O) groups excluding carboxylic acids is 1. The molecule has 1 amide bonds. The van der Waals surface area contributed by atoms with Gasteiger partial charge in [0.1, 0.15) is 17.6 Å². The SMILES string of the molecule is COC[C@@H]1[C@@H](C)CCC[C@@H](C2OCCCO2)[C@@H]2CC[C@H]2CN2CCCCc3cc(Cl)ccc3COc3ccc(cc32)C(=O)NS1(=O)=O. The number of nitrogens with zero attached hydrogens (tertiary/aromatic N) is 1. The van der Waals surface area contributed by atoms with E-state index >= 15 is 0 Å². The summed E-state index contributed by atoms with van der Waals surface area (Å²) in [5.74, 6) is 0.916. The molecule has 0 unspecified atom stereocenters. The Bertz CT molecular complexity index is 1500. The van der Waals surface area contributed by atoms with Crippen molar-refractivity contribution in [2.75, 3.05) is 44.9 Å². The van der Waals surface area contributed by atoms with Crippen molar-refractivity contribution >= 4 is 33.2 Å². The number of amides is 1. The van der Waals surface area contributed by atoms with Crippen molar-refractivity contribution in [3.63, 3.8) is 0 Å². The zero-order valence-electron chi connectivity index (χ0n) is 27.6. The highest BCUT2D eigenvalue weighted by atomic mass is 35.5. The maximum absolute atomic E-state index is 13.7. The van der Waals surface area contributed by atoms with Crippen LogP contribution in [0.1, 0.15) is 79.8 Å². The van der Waals surface area contributed by atoms with Crippen molar-refractivity contribution in [1.82, 2.24) is 4.72 Å². The predicted molar refractivity (Wildman–Crippen MR) is 182 cm³/mol. The lowest BCUT2D eigenvalue weighted by molar-refractivity contribution is -0.224. The molecule has 0 radical (unpaired) electrons. The minimum atomic E-state index is -4.03. The molecule has 1 saturated carbocycles. The summed E-state index contributed by atoms with van der Waals surface area (Å²) in [7, 11) is -2.53. The van der Waals surface area contributed by atoms with E-state index < -0.39 is 21.2 Å². The van der Waals surface area contributed by atoms with Crippen molar-refractivity contribution in [2.24, 2.45) is 23.7 Å². The molecule has 2 fully saturated rings. The summed E-state index contributed by atoms with van der Waals surface area (Å²) in [4.78, 5) is 16.0. The minimum Gasteiger partial charge on any atom is -0.487 e. The second-order valence-corrected chi connectivity index (χ2v) is 16.1. The largest absolute Gasteiger partial charge is 0.487 e. The fourth-order valence-electron chi connectivity index (χ4n) is 7.90. The van der Waals surface area contributed by atoms with E-state index in [0.29, 0.717) is 48.8 Å². The van der Waals surface area contributed by atoms with E-state index in [1.54, 1.807) is 18.2 Å². The van der Waals surface area contributed by atoms with E-state index in [1.165, 1.54) is 12.7 Å². The molecule has 258 valence electrons. The number of anilines is 1. The van der Waals surface area contributed by atoms with Gasteiger partial charge in [-0.1, -0.05) is 31.0 Å². The van der Waals surface area contributed by atoms with Gasteiger partial charge in [-0.25, -0.2) is 13.1 Å². The standard InChI is InChI=1S/C36H49ClN2O7S/c1-24-7-5-9-31(36-44-17-6-18-45-36)30-14-11-27(30)21-39-16-4-3-8-25-19-29(37)13-10-28(25)22-46-33-15-12-26(20-32(33)39)35(40)38-47(41,42)34(24)23-43-2/h10,12-13,15,19-20,24,27,30-31,34,36H,3-9,11,14,16-18,21-23H2,1-2H3,(H,38,40)/t24-,27-,30+,31+,34+/m0/s1. The van der Waals surface area contributed by atoms with E-state index in [2.05, 4.69) is 9.62 Å². The highest BCUT2D eigenvalue weighted by Gasteiger charge is 2.43. The molecule has 3 aliphatic heterocycles. The lowest BCUT2D eigenvalue weighted by Gasteiger charge is -2.47. The molecule has 0 spiro atoms. The van der Waals surface area contributed by atoms with E-state index in [4.69, 9.17) is 30.5 Å². The molecule has 3 heterocycles. The maximum atomic E-state index is 13.7. The monoisotopic (exact) mass is 688 g/mol. The molecule has 2 aromatic rings. The maximum Gasteiger partial charge on any atom is 0.264 e. The second kappa shape index (κ2) is 15.5. The molecule has 2 bridgehead atoms. The Morgan fingerprint density at radius 1 is 0.957 bits per heavy atom. The Kier molecular flexibility index (Phi) is 11.3. The number of nitrogens with one attached hydrogen (secondary N) is 1. The van der Waals surface area contributed by atoms with Gasteiger partial charge < -0.3 is 23.8 Å². The zero-order chi connectivity index (χ0) is 33.0. The van der Waals surface area contributed by atoms with Crippen LogP contribution < -0.4 is 14.4 Å². The van der Waals surface area contributed by atoms with Gasteiger partial charge in [0.25, 0.3) is 5.91 Å². The van der Waals surface area contributed by atoms with Crippen LogP contribution in [0.5, 0.6) is 5.75 Å². The van der Waals surface area contributed by atoms with Crippen LogP contribution in [0.3, 0.4) is 0 Å². The van der Waals surface area contributed by atoms with Gasteiger partial charge in [0.05, 0.1) is 25.5 Å². The van der Waals surface area contributed by atoms with Gasteiger partial charge in [0.2, 0.25) is 10.0 Å². The molecule has 1 saturated heterocycles. The summed E-state index contributed by atoms with van der Waals surface area (Å²) in [6, 6.07) is 11.2. The number of fused-ring (bicyclic) bond motifs is 3. The summed E-state index contributed by atoms with van der Waals surface area (Å²) < 4.78 is 54.1. The zero-order valence-corrected chi connectivity index (χ0v) is 29.2. The number of ether oxygens (including phenoxy) is 4. The molecule has 11 heteroatoms. The highest BCUT2D eigenvalue weighted by molar-refractivity contribution is 7.90. The number of sulfonamides is 1. The van der Waals surface area contributed by atoms with E-state index in [-0.39, 0.29) is 30.3 Å². The fraction of sp³-hybridized carbons (Fsp3) is 0.639. The second-order valence-electron chi connectivity index (χ2n) is 13.8. The topological polar surface area (TPSA) is 103 Å². The minimum absolute atomic E-state index is 0.00521. The summed E-state index contributed by atoms with van der Waals surface area (Å²) in [6.45, 7) is 5.32. The van der Waals surface area contributed by atoms with Crippen LogP contribution >= 0.6 is 11.6 Å². The van der Waals surface area contributed by atoms with Crippen LogP contribution in [-0.2, 0) is 37.3 Å². The van der Waals surface area contributed by atoms with E-state index in [1.807, 2.05) is 25.1 Å². The van der Waals surface area contributed by atoms with Crippen molar-refractivity contribution in [2.45, 2.75) is 82.9 Å². The molecule has 9 nitrogen and oxygen atoms in total. The molecule has 4 aliphatic rings. The van der Waals surface area contributed by atoms with E-state index in [0.717, 1.165) is 75.7 Å². The molecule has 2 aromatic carbocycles. The number of rotatable bonds is 3. The third-order valence-corrected chi connectivity index (χ3v) is 12.8. The average Bonchev–Trinajstić information content (AvgIpc) is 3.07. The summed E-state index contributed by atoms with van der Waals surface area (Å²) in [5, 5.41) is -0.149. The Morgan fingerprint density at radius 2 is 1.79 bits per heavy atom. The fourth-order valence-corrected chi connectivity index (χ4v) is 9.69. The first-order valence-corrected chi connectivity index (χ1v) is 19.2. The molecule has 1 N–H and O–H groups in total. The van der Waals surface area contributed by atoms with Gasteiger partial charge in [0, 0.05) is 36.7 Å². The Morgan fingerprint density at radius 3 is 2.55 bits per heavy atom. The predicted octanol–water partition coefficient (Wildman–Crippen LogP) is 6.36. The lowest BCUT2D eigenvalue weighted by Crippen LogP contribution is -2.47. The number of methoxy groups -OCH3 is 1. The van der Waals surface area contributed by atoms with Crippen LogP contribution in [0.4, 0.5) is 5.69 Å². The van der Waals surface area contributed by atoms with Gasteiger partial charge in [-0.3, -0.25) is 4.79 Å². The molecule has 0 aromatic heterocycles. The number of benzene rings is 2. The highest BCUT2D eigenvalue weighted by Crippen LogP contribution is 2.46. The van der Waals surface area contributed by atoms with Crippen molar-refractivity contribution < 1.29 is 32.2 Å². The molecular formula is C36H49ClN2O7S. The quantitative estimate of drug-likeness (QED) is 0.398. The van der Waals surface area contributed by atoms with Gasteiger partial charge >= 0.3 is 0 Å². The number of hydrogen-bond acceptors (Lipinski definition) is 8. The number of halogens is 1. The van der Waals surface area contributed by atoms with E-state index in [9.17, 15) is 13.2 Å². The first kappa shape index (κ1) is 34.5. The van der Waals surface area contributed by atoms with Crippen molar-refractivity contribution in [1.29, 1.82) is 0 Å². The van der Waals surface area contributed by atoms with Gasteiger partial charge in [-0.05, 0) is 111 Å². The lowest BCUT2D eigenvalue weighted by atomic mass is 9.65. The third-order valence-electron chi connectivity index (χ3n) is 10.7. The summed E-state index contributed by atoms with van der Waals surface area (Å²) >= 11 is 6.36. The van der Waals surface area contributed by atoms with Gasteiger partial charge in [0.15, 0.2) is 6.29 Å². The molecule has 6 rings (SSSR count).